The highest BCUT2D eigenvalue weighted by Crippen LogP contribution is 2.36. The van der Waals surface area contributed by atoms with Gasteiger partial charge in [0.1, 0.15) is 0 Å². The van der Waals surface area contributed by atoms with Gasteiger partial charge in [0.25, 0.3) is 5.70 Å². The van der Waals surface area contributed by atoms with Crippen LogP contribution in [0.4, 0.5) is 4.79 Å². The van der Waals surface area contributed by atoms with E-state index < -0.39 is 5.92 Å². The summed E-state index contributed by atoms with van der Waals surface area (Å²) in [6, 6.07) is 28.0. The van der Waals surface area contributed by atoms with Crippen LogP contribution in [0.2, 0.25) is 0 Å². The predicted octanol–water partition coefficient (Wildman–Crippen LogP) is 7.79. The first-order valence-corrected chi connectivity index (χ1v) is 16.6. The summed E-state index contributed by atoms with van der Waals surface area (Å²) in [5.41, 5.74) is 4.95. The number of nitrogens with zero attached hydrogens (tertiary/aromatic N) is 8. The molecule has 1 amide bonds. The average molecular weight is 683 g/mol. The molecule has 0 aromatic heterocycles. The summed E-state index contributed by atoms with van der Waals surface area (Å²) in [5, 5.41) is 49.3. The molecule has 52 heavy (non-hydrogen) atoms. The van der Waals surface area contributed by atoms with Gasteiger partial charge in [0.05, 0.1) is 54.7 Å². The van der Waals surface area contributed by atoms with Crippen LogP contribution in [0.15, 0.2) is 131 Å². The normalized spacial score (nSPS) is 16.4. The molecule has 1 fully saturated rings. The zero-order valence-electron chi connectivity index (χ0n) is 28.7. The first-order valence-electron chi connectivity index (χ1n) is 16.6. The molecule has 1 aliphatic carbocycles. The number of hydrogen-bond acceptors (Lipinski definition) is 8. The second-order valence-corrected chi connectivity index (χ2v) is 11.5. The molecule has 1 aliphatic heterocycles. The molecule has 0 unspecified atom stereocenters. The molecule has 0 atom stereocenters. The van der Waals surface area contributed by atoms with E-state index in [0.717, 1.165) is 16.8 Å². The summed E-state index contributed by atoms with van der Waals surface area (Å²) in [5.74, 6) is -1.13. The van der Waals surface area contributed by atoms with Gasteiger partial charge in [-0.2, -0.15) is 21.0 Å². The van der Waals surface area contributed by atoms with Gasteiger partial charge >= 0.3 is 6.09 Å². The smallest absolute Gasteiger partial charge is 0.409 e. The third kappa shape index (κ3) is 8.99. The lowest BCUT2D eigenvalue weighted by atomic mass is 9.90. The number of rotatable bonds is 10. The summed E-state index contributed by atoms with van der Waals surface area (Å²) >= 11 is 0. The van der Waals surface area contributed by atoms with Gasteiger partial charge in [0.15, 0.2) is 5.92 Å². The van der Waals surface area contributed by atoms with E-state index >= 15 is 0 Å². The number of piperazine rings is 1. The molecular formula is C42H34N8O2. The Labute approximate surface area is 304 Å². The van der Waals surface area contributed by atoms with Crippen molar-refractivity contribution in [3.63, 3.8) is 0 Å². The van der Waals surface area contributed by atoms with Gasteiger partial charge in [-0.15, -0.1) is 0 Å². The van der Waals surface area contributed by atoms with E-state index in [1.165, 1.54) is 0 Å². The molecular weight excluding hydrogens is 649 g/mol. The summed E-state index contributed by atoms with van der Waals surface area (Å²) in [6.07, 6.45) is 11.5. The van der Waals surface area contributed by atoms with Crippen molar-refractivity contribution in [2.75, 3.05) is 32.8 Å². The summed E-state index contributed by atoms with van der Waals surface area (Å²) in [6.45, 7) is 11.6. The van der Waals surface area contributed by atoms with Crippen molar-refractivity contribution in [2.24, 2.45) is 5.92 Å². The number of benzene rings is 2. The minimum atomic E-state index is -1.13. The zero-order valence-corrected chi connectivity index (χ0v) is 28.7. The van der Waals surface area contributed by atoms with Crippen molar-refractivity contribution in [1.29, 1.82) is 26.3 Å². The molecule has 2 aromatic rings. The van der Waals surface area contributed by atoms with Crippen LogP contribution in [0.5, 0.6) is 0 Å². The van der Waals surface area contributed by atoms with Gasteiger partial charge in [0, 0.05) is 43.0 Å². The molecule has 0 radical (unpaired) electrons. The number of carbonyl (C=O) groups excluding carboxylic acids is 1. The Bertz CT molecular complexity index is 2110. The van der Waals surface area contributed by atoms with E-state index in [2.05, 4.69) is 21.9 Å². The second kappa shape index (κ2) is 19.0. The Balaban J connectivity index is 1.76. The van der Waals surface area contributed by atoms with Crippen molar-refractivity contribution < 1.29 is 9.53 Å². The Morgan fingerprint density at radius 1 is 0.885 bits per heavy atom. The third-order valence-electron chi connectivity index (χ3n) is 8.46. The molecule has 1 heterocycles. The van der Waals surface area contributed by atoms with Crippen LogP contribution in [0.1, 0.15) is 30.9 Å². The molecule has 0 N–H and O–H groups in total. The van der Waals surface area contributed by atoms with E-state index in [4.69, 9.17) is 11.3 Å². The maximum absolute atomic E-state index is 12.4. The number of allylic oxidation sites excluding steroid dienone is 13. The van der Waals surface area contributed by atoms with Crippen molar-refractivity contribution in [3.05, 3.63) is 153 Å². The van der Waals surface area contributed by atoms with Crippen LogP contribution in [-0.2, 0) is 4.74 Å². The lowest BCUT2D eigenvalue weighted by molar-refractivity contribution is 0.0873. The molecule has 0 spiro atoms. The maximum Gasteiger partial charge on any atom is 0.409 e. The van der Waals surface area contributed by atoms with E-state index in [1.54, 1.807) is 84.7 Å². The molecule has 4 rings (SSSR count). The Morgan fingerprint density at radius 3 is 2.10 bits per heavy atom. The summed E-state index contributed by atoms with van der Waals surface area (Å²) < 4.78 is 5.20. The van der Waals surface area contributed by atoms with Gasteiger partial charge in [-0.3, -0.25) is 0 Å². The first-order chi connectivity index (χ1) is 25.4. The fourth-order valence-electron chi connectivity index (χ4n) is 6.07. The molecule has 2 aromatic carbocycles. The molecule has 254 valence electrons. The number of nitriles is 5. The van der Waals surface area contributed by atoms with Gasteiger partial charge in [-0.05, 0) is 54.2 Å². The van der Waals surface area contributed by atoms with Gasteiger partial charge in [-0.1, -0.05) is 85.0 Å². The molecule has 1 saturated heterocycles. The first kappa shape index (κ1) is 37.4. The average Bonchev–Trinajstić information content (AvgIpc) is 3.59. The lowest BCUT2D eigenvalue weighted by Gasteiger charge is -2.37. The van der Waals surface area contributed by atoms with Gasteiger partial charge in [-0.25, -0.2) is 14.9 Å². The zero-order chi connectivity index (χ0) is 37.3. The molecule has 10 heteroatoms. The van der Waals surface area contributed by atoms with Crippen LogP contribution in [-0.4, -0.2) is 48.7 Å². The van der Waals surface area contributed by atoms with Crippen molar-refractivity contribution in [1.82, 2.24) is 9.80 Å². The minimum absolute atomic E-state index is 0.176. The van der Waals surface area contributed by atoms with Crippen LogP contribution in [0, 0.1) is 69.1 Å². The molecule has 2 aliphatic rings. The van der Waals surface area contributed by atoms with Crippen molar-refractivity contribution in [2.45, 2.75) is 19.8 Å². The van der Waals surface area contributed by atoms with E-state index in [1.807, 2.05) is 42.5 Å². The standard InChI is InChI=1S/C42H34N8O2/c1-3-52-42(51)50-24-22-49(23-25-50)41-33(16-10-18-35(26-43)39(37(28-45)29-46)31-12-6-4-7-13-31)20-21-34(41)17-11-19-36(27-44)40(38(30-47)48-2)32-14-8-5-9-15-32/h4-19,37H,3,20-25H2,1H3. The van der Waals surface area contributed by atoms with Crippen LogP contribution in [0.3, 0.4) is 0 Å². The van der Waals surface area contributed by atoms with Crippen molar-refractivity contribution >= 4 is 17.2 Å². The highest BCUT2D eigenvalue weighted by Gasteiger charge is 2.28. The lowest BCUT2D eigenvalue weighted by Crippen LogP contribution is -2.48. The number of carbonyl (C=O) groups is 1. The van der Waals surface area contributed by atoms with Crippen molar-refractivity contribution in [3.8, 4) is 30.3 Å². The Hall–Kier alpha value is -7.37. The fourth-order valence-corrected chi connectivity index (χ4v) is 6.07. The maximum atomic E-state index is 12.4. The quantitative estimate of drug-likeness (QED) is 0.140. The monoisotopic (exact) mass is 682 g/mol. The highest BCUT2D eigenvalue weighted by molar-refractivity contribution is 5.88. The second-order valence-electron chi connectivity index (χ2n) is 11.5. The Morgan fingerprint density at radius 2 is 1.54 bits per heavy atom. The minimum Gasteiger partial charge on any atom is -0.450 e. The van der Waals surface area contributed by atoms with Crippen LogP contribution < -0.4 is 0 Å². The van der Waals surface area contributed by atoms with Gasteiger partial charge < -0.3 is 14.5 Å². The number of hydrogen-bond donors (Lipinski definition) is 0. The highest BCUT2D eigenvalue weighted by atomic mass is 16.6. The van der Waals surface area contributed by atoms with Gasteiger partial charge in [0.2, 0.25) is 0 Å². The predicted molar refractivity (Wildman–Crippen MR) is 196 cm³/mol. The van der Waals surface area contributed by atoms with E-state index in [0.29, 0.717) is 55.7 Å². The van der Waals surface area contributed by atoms with E-state index in [9.17, 15) is 31.1 Å². The molecule has 0 saturated carbocycles. The summed E-state index contributed by atoms with van der Waals surface area (Å²) in [4.78, 5) is 19.7. The van der Waals surface area contributed by atoms with E-state index in [-0.39, 0.29) is 35.1 Å². The Kier molecular flexibility index (Phi) is 13.7. The fraction of sp³-hybridized carbons (Fsp3) is 0.214. The van der Waals surface area contributed by atoms with Crippen LogP contribution >= 0.6 is 0 Å². The number of ether oxygens (including phenoxy) is 1. The number of amides is 1. The topological polar surface area (TPSA) is 156 Å². The largest absolute Gasteiger partial charge is 0.450 e. The molecule has 10 nitrogen and oxygen atoms in total. The van der Waals surface area contributed by atoms with Crippen LogP contribution in [0.25, 0.3) is 16.0 Å². The SMILES string of the molecule is [C-]#[N+]C(C#N)=C(C(C#N)=CC=CC1=C(N2CCN(C(=O)OCC)CC2)C(=CC=CC(C#N)=C(c2ccccc2)C(C#N)C#N)CC1)c1ccccc1. The molecule has 0 bridgehead atoms. The third-order valence-corrected chi connectivity index (χ3v) is 8.46. The summed E-state index contributed by atoms with van der Waals surface area (Å²) in [7, 11) is 0.